The summed E-state index contributed by atoms with van der Waals surface area (Å²) in [7, 11) is 1.48. The Morgan fingerprint density at radius 2 is 1.83 bits per heavy atom. The summed E-state index contributed by atoms with van der Waals surface area (Å²) in [6.07, 6.45) is -1.26. The van der Waals surface area contributed by atoms with E-state index in [0.717, 1.165) is 17.0 Å². The molecular formula is C15H19F2NO5. The first-order valence-corrected chi connectivity index (χ1v) is 7.19. The molecule has 0 aromatic heterocycles. The second kappa shape index (κ2) is 7.10. The minimum atomic E-state index is -1.73. The molecule has 128 valence electrons. The van der Waals surface area contributed by atoms with E-state index in [1.54, 1.807) is 0 Å². The number of amides is 1. The van der Waals surface area contributed by atoms with Crippen molar-refractivity contribution in [2.75, 3.05) is 33.4 Å². The van der Waals surface area contributed by atoms with Crippen molar-refractivity contribution in [2.24, 2.45) is 0 Å². The topological polar surface area (TPSA) is 79.2 Å². The fourth-order valence-corrected chi connectivity index (χ4v) is 2.64. The van der Waals surface area contributed by atoms with Crippen LogP contribution in [0.2, 0.25) is 0 Å². The van der Waals surface area contributed by atoms with Gasteiger partial charge in [-0.2, -0.15) is 0 Å². The lowest BCUT2D eigenvalue weighted by atomic mass is 9.83. The van der Waals surface area contributed by atoms with E-state index in [-0.39, 0.29) is 44.9 Å². The third-order valence-electron chi connectivity index (χ3n) is 3.90. The molecule has 0 saturated carbocycles. The summed E-state index contributed by atoms with van der Waals surface area (Å²) < 4.78 is 38.5. The normalized spacial score (nSPS) is 17.1. The van der Waals surface area contributed by atoms with E-state index in [2.05, 4.69) is 0 Å². The zero-order chi connectivity index (χ0) is 17.0. The number of likely N-dealkylation sites (tertiary alicyclic amines) is 1. The van der Waals surface area contributed by atoms with Crippen LogP contribution in [0.5, 0.6) is 5.75 Å². The average Bonchev–Trinajstić information content (AvgIpc) is 2.47. The summed E-state index contributed by atoms with van der Waals surface area (Å²) in [6, 6.07) is 2.02. The molecule has 0 atom stereocenters. The van der Waals surface area contributed by atoms with Gasteiger partial charge < -0.3 is 24.6 Å². The van der Waals surface area contributed by atoms with Crippen molar-refractivity contribution in [3.05, 3.63) is 29.3 Å². The van der Waals surface area contributed by atoms with Gasteiger partial charge in [-0.3, -0.25) is 0 Å². The van der Waals surface area contributed by atoms with Crippen molar-refractivity contribution < 1.29 is 33.3 Å². The molecule has 0 spiro atoms. The molecule has 1 aromatic rings. The molecule has 6 nitrogen and oxygen atoms in total. The number of hydrogen-bond donors (Lipinski definition) is 2. The number of halogens is 2. The Hall–Kier alpha value is -1.93. The molecule has 1 aliphatic rings. The lowest BCUT2D eigenvalue weighted by molar-refractivity contribution is -0.0266. The van der Waals surface area contributed by atoms with Crippen LogP contribution in [0.25, 0.3) is 0 Å². The van der Waals surface area contributed by atoms with Crippen molar-refractivity contribution >= 4 is 6.09 Å². The van der Waals surface area contributed by atoms with Gasteiger partial charge in [-0.15, -0.1) is 0 Å². The number of carboxylic acid groups (broad SMARTS) is 1. The minimum Gasteiger partial charge on any atom is -0.491 e. The minimum absolute atomic E-state index is 0.00683. The summed E-state index contributed by atoms with van der Waals surface area (Å²) in [5, 5.41) is 19.4. The molecule has 1 saturated heterocycles. The first kappa shape index (κ1) is 17.4. The predicted molar refractivity (Wildman–Crippen MR) is 76.5 cm³/mol. The molecule has 0 unspecified atom stereocenters. The molecule has 23 heavy (non-hydrogen) atoms. The van der Waals surface area contributed by atoms with Crippen LogP contribution in [-0.4, -0.2) is 54.6 Å². The van der Waals surface area contributed by atoms with Gasteiger partial charge >= 0.3 is 6.09 Å². The summed E-state index contributed by atoms with van der Waals surface area (Å²) in [4.78, 5) is 12.0. The Kier molecular flexibility index (Phi) is 5.38. The monoisotopic (exact) mass is 331 g/mol. The van der Waals surface area contributed by atoms with Crippen molar-refractivity contribution in [2.45, 2.75) is 18.4 Å². The second-order valence-corrected chi connectivity index (χ2v) is 5.40. The van der Waals surface area contributed by atoms with E-state index in [4.69, 9.17) is 14.6 Å². The van der Waals surface area contributed by atoms with Crippen LogP contribution in [0.4, 0.5) is 13.6 Å². The molecule has 0 aliphatic carbocycles. The largest absolute Gasteiger partial charge is 0.491 e. The zero-order valence-electron chi connectivity index (χ0n) is 12.7. The van der Waals surface area contributed by atoms with E-state index in [1.165, 1.54) is 7.11 Å². The highest BCUT2D eigenvalue weighted by Crippen LogP contribution is 2.37. The van der Waals surface area contributed by atoms with Gasteiger partial charge in [0.15, 0.2) is 0 Å². The number of piperidine rings is 1. The smallest absolute Gasteiger partial charge is 0.407 e. The van der Waals surface area contributed by atoms with Crippen molar-refractivity contribution in [1.82, 2.24) is 4.90 Å². The summed E-state index contributed by atoms with van der Waals surface area (Å²) in [5.74, 6) is -1.82. The molecule has 1 heterocycles. The lowest BCUT2D eigenvalue weighted by Crippen LogP contribution is -2.45. The Morgan fingerprint density at radius 1 is 1.26 bits per heavy atom. The van der Waals surface area contributed by atoms with Gasteiger partial charge in [-0.05, 0) is 12.8 Å². The molecular weight excluding hydrogens is 312 g/mol. The highest BCUT2D eigenvalue weighted by atomic mass is 19.1. The van der Waals surface area contributed by atoms with Gasteiger partial charge in [0.1, 0.15) is 24.0 Å². The lowest BCUT2D eigenvalue weighted by Gasteiger charge is -2.37. The fourth-order valence-electron chi connectivity index (χ4n) is 2.64. The average molecular weight is 331 g/mol. The molecule has 1 amide bonds. The maximum atomic E-state index is 14.3. The second-order valence-electron chi connectivity index (χ2n) is 5.40. The molecule has 2 rings (SSSR count). The van der Waals surface area contributed by atoms with E-state index in [0.29, 0.717) is 0 Å². The quantitative estimate of drug-likeness (QED) is 0.806. The number of ether oxygens (including phenoxy) is 2. The third-order valence-corrected chi connectivity index (χ3v) is 3.90. The van der Waals surface area contributed by atoms with Crippen molar-refractivity contribution in [3.63, 3.8) is 0 Å². The molecule has 8 heteroatoms. The number of carbonyl (C=O) groups is 1. The van der Waals surface area contributed by atoms with Crippen molar-refractivity contribution in [1.29, 1.82) is 0 Å². The third kappa shape index (κ3) is 3.89. The summed E-state index contributed by atoms with van der Waals surface area (Å²) in [6.45, 7) is 0.445. The van der Waals surface area contributed by atoms with Crippen LogP contribution in [0.3, 0.4) is 0 Å². The van der Waals surface area contributed by atoms with Gasteiger partial charge in [0, 0.05) is 32.3 Å². The Morgan fingerprint density at radius 3 is 2.30 bits per heavy atom. The van der Waals surface area contributed by atoms with Gasteiger partial charge in [-0.1, -0.05) is 0 Å². The Balaban J connectivity index is 2.18. The predicted octanol–water partition coefficient (Wildman–Crippen LogP) is 1.95. The highest BCUT2D eigenvalue weighted by Gasteiger charge is 2.39. The van der Waals surface area contributed by atoms with Gasteiger partial charge in [0.2, 0.25) is 0 Å². The van der Waals surface area contributed by atoms with Crippen LogP contribution in [0.1, 0.15) is 18.4 Å². The zero-order valence-corrected chi connectivity index (χ0v) is 12.7. The number of methoxy groups -OCH3 is 1. The standard InChI is InChI=1S/C15H19F2NO5/c1-22-6-7-23-10-8-11(16)13(12(17)9-10)15(21)2-4-18(5-3-15)14(19)20/h8-9,21H,2-7H2,1H3,(H,19,20). The number of benzene rings is 1. The summed E-state index contributed by atoms with van der Waals surface area (Å²) in [5.41, 5.74) is -2.17. The Bertz CT molecular complexity index is 550. The number of aliphatic hydroxyl groups is 1. The number of hydrogen-bond acceptors (Lipinski definition) is 4. The number of nitrogens with zero attached hydrogens (tertiary/aromatic N) is 1. The van der Waals surface area contributed by atoms with E-state index in [1.807, 2.05) is 0 Å². The van der Waals surface area contributed by atoms with Gasteiger partial charge in [0.05, 0.1) is 17.8 Å². The molecule has 1 aliphatic heterocycles. The van der Waals surface area contributed by atoms with E-state index >= 15 is 0 Å². The van der Waals surface area contributed by atoms with Gasteiger partial charge in [-0.25, -0.2) is 13.6 Å². The van der Waals surface area contributed by atoms with Crippen LogP contribution >= 0.6 is 0 Å². The SMILES string of the molecule is COCCOc1cc(F)c(C2(O)CCN(C(=O)O)CC2)c(F)c1. The van der Waals surface area contributed by atoms with E-state index in [9.17, 15) is 18.7 Å². The van der Waals surface area contributed by atoms with Crippen LogP contribution in [0.15, 0.2) is 12.1 Å². The molecule has 0 bridgehead atoms. The molecule has 1 aromatic carbocycles. The van der Waals surface area contributed by atoms with Crippen LogP contribution < -0.4 is 4.74 Å². The summed E-state index contributed by atoms with van der Waals surface area (Å²) >= 11 is 0. The van der Waals surface area contributed by atoms with Crippen molar-refractivity contribution in [3.8, 4) is 5.75 Å². The van der Waals surface area contributed by atoms with Crippen LogP contribution in [0, 0.1) is 11.6 Å². The Labute approximate surface area is 132 Å². The maximum Gasteiger partial charge on any atom is 0.407 e. The fraction of sp³-hybridized carbons (Fsp3) is 0.533. The molecule has 0 radical (unpaired) electrons. The molecule has 1 fully saturated rings. The molecule has 2 N–H and O–H groups in total. The van der Waals surface area contributed by atoms with E-state index < -0.39 is 28.9 Å². The first-order valence-electron chi connectivity index (χ1n) is 7.19. The van der Waals surface area contributed by atoms with Crippen LogP contribution in [-0.2, 0) is 10.3 Å². The number of rotatable bonds is 5. The first-order chi connectivity index (χ1) is 10.9. The maximum absolute atomic E-state index is 14.3. The van der Waals surface area contributed by atoms with Gasteiger partial charge in [0.25, 0.3) is 0 Å². The highest BCUT2D eigenvalue weighted by molar-refractivity contribution is 5.65.